The molecule has 0 aromatic rings. The molecule has 0 saturated heterocycles. The molecule has 0 atom stereocenters. The molecule has 0 aromatic heterocycles. The predicted molar refractivity (Wildman–Crippen MR) is 34.0 cm³/mol. The molecule has 0 saturated carbocycles. The van der Waals surface area contributed by atoms with Gasteiger partial charge in [-0.2, -0.15) is 0 Å². The van der Waals surface area contributed by atoms with E-state index in [4.69, 9.17) is 19.8 Å². The number of hydrogen-bond donors (Lipinski definition) is 3. The summed E-state index contributed by atoms with van der Waals surface area (Å²) < 4.78 is 3.89. The second-order valence-corrected chi connectivity index (χ2v) is 0.734. The number of nitrogens with two attached hydrogens (primary N) is 1. The van der Waals surface area contributed by atoms with E-state index in [1.54, 1.807) is 0 Å². The van der Waals surface area contributed by atoms with Crippen LogP contribution in [-0.4, -0.2) is 36.4 Å². The highest BCUT2D eigenvalue weighted by Crippen LogP contribution is 1.55. The van der Waals surface area contributed by atoms with Gasteiger partial charge in [0.2, 0.25) is 0 Å². The fourth-order valence-corrected chi connectivity index (χ4v) is 0. The first-order valence-electron chi connectivity index (χ1n) is 2.09. The van der Waals surface area contributed by atoms with Crippen molar-refractivity contribution >= 4 is 19.0 Å². The lowest BCUT2D eigenvalue weighted by molar-refractivity contribution is -0.123. The van der Waals surface area contributed by atoms with Crippen LogP contribution in [0.25, 0.3) is 0 Å². The van der Waals surface area contributed by atoms with Crippen molar-refractivity contribution in [3.8, 4) is 0 Å². The second kappa shape index (κ2) is 24.1. The molecule has 0 aliphatic heterocycles. The highest BCUT2D eigenvalue weighted by Gasteiger charge is 1.76. The summed E-state index contributed by atoms with van der Waals surface area (Å²) >= 11 is 0. The Hall–Kier alpha value is -1.79. The molecule has 0 rings (SSSR count). The van der Waals surface area contributed by atoms with Crippen LogP contribution in [-0.2, 0) is 14.3 Å². The normalized spacial score (nSPS) is 5.18. The molecule has 0 unspecified atom stereocenters. The predicted octanol–water partition coefficient (Wildman–Crippen LogP) is -0.887. The number of primary amides is 1. The van der Waals surface area contributed by atoms with Crippen LogP contribution in [0.3, 0.4) is 0 Å². The molecule has 4 N–H and O–H groups in total. The lowest BCUT2D eigenvalue weighted by atomic mass is 11.3. The van der Waals surface area contributed by atoms with Gasteiger partial charge in [0.05, 0.1) is 7.11 Å². The Morgan fingerprint density at radius 3 is 1.45 bits per heavy atom. The number of hydrogen-bond acceptors (Lipinski definition) is 4. The summed E-state index contributed by atoms with van der Waals surface area (Å²) in [6, 6.07) is 0. The second-order valence-electron chi connectivity index (χ2n) is 0.734. The molecule has 11 heavy (non-hydrogen) atoms. The maximum Gasteiger partial charge on any atom is 0.404 e. The molecule has 0 aliphatic rings. The zero-order chi connectivity index (χ0) is 9.70. The zero-order valence-corrected chi connectivity index (χ0v) is 5.76. The van der Waals surface area contributed by atoms with E-state index >= 15 is 0 Å². The van der Waals surface area contributed by atoms with Crippen molar-refractivity contribution in [1.82, 2.24) is 0 Å². The van der Waals surface area contributed by atoms with E-state index < -0.39 is 6.09 Å². The smallest absolute Gasteiger partial charge is 0.404 e. The Balaban J connectivity index is -0.0000000933. The maximum atomic E-state index is 9.37. The van der Waals surface area contributed by atoms with Crippen molar-refractivity contribution in [3.63, 3.8) is 0 Å². The monoisotopic (exact) mass is 167 g/mol. The van der Waals surface area contributed by atoms with Crippen molar-refractivity contribution in [2.75, 3.05) is 7.11 Å². The lowest BCUT2D eigenvalue weighted by Gasteiger charge is -1.81. The maximum absolute atomic E-state index is 9.37. The number of carbonyl (C=O) groups excluding carboxylic acids is 1. The number of rotatable bonds is 0. The van der Waals surface area contributed by atoms with Crippen LogP contribution in [0.15, 0.2) is 0 Å². The van der Waals surface area contributed by atoms with E-state index in [9.17, 15) is 4.79 Å². The van der Waals surface area contributed by atoms with Gasteiger partial charge in [-0.3, -0.25) is 9.59 Å². The van der Waals surface area contributed by atoms with Gasteiger partial charge in [0, 0.05) is 0 Å². The van der Waals surface area contributed by atoms with Crippen LogP contribution in [0.5, 0.6) is 0 Å². The van der Waals surface area contributed by atoms with Gasteiger partial charge in [-0.1, -0.05) is 0 Å². The molecule has 0 spiro atoms. The van der Waals surface area contributed by atoms with Gasteiger partial charge < -0.3 is 20.7 Å². The van der Waals surface area contributed by atoms with E-state index in [1.807, 2.05) is 0 Å². The van der Waals surface area contributed by atoms with Crippen LogP contribution in [0, 0.1) is 0 Å². The zero-order valence-electron chi connectivity index (χ0n) is 5.76. The minimum Gasteiger partial charge on any atom is -0.483 e. The molecule has 0 bridgehead atoms. The summed E-state index contributed by atoms with van der Waals surface area (Å²) in [5.74, 6) is 0. The Morgan fingerprint density at radius 1 is 1.36 bits per heavy atom. The highest BCUT2D eigenvalue weighted by molar-refractivity contribution is 5.64. The minimum absolute atomic E-state index is 0.250. The van der Waals surface area contributed by atoms with E-state index in [0.717, 1.165) is 0 Å². The molecule has 66 valence electrons. The molecule has 1 amide bonds. The number of ether oxygens (including phenoxy) is 1. The Kier molecular flexibility index (Phi) is 35.2. The minimum atomic E-state index is -0.745. The van der Waals surface area contributed by atoms with E-state index in [1.165, 1.54) is 7.11 Å². The average molecular weight is 167 g/mol. The third-order valence-corrected chi connectivity index (χ3v) is 0.201. The van der Waals surface area contributed by atoms with Gasteiger partial charge in [-0.25, -0.2) is 4.79 Å². The van der Waals surface area contributed by atoms with Crippen molar-refractivity contribution in [3.05, 3.63) is 0 Å². The summed E-state index contributed by atoms with van der Waals surface area (Å²) in [5, 5.41) is 13.8. The largest absolute Gasteiger partial charge is 0.483 e. The van der Waals surface area contributed by atoms with Gasteiger partial charge in [-0.15, -0.1) is 0 Å². The first-order valence-corrected chi connectivity index (χ1v) is 2.09. The van der Waals surface area contributed by atoms with Crippen LogP contribution in [0.2, 0.25) is 0 Å². The number of carboxylic acid groups (broad SMARTS) is 2. The molecule has 7 nitrogen and oxygen atoms in total. The lowest BCUT2D eigenvalue weighted by Crippen LogP contribution is -2.08. The van der Waals surface area contributed by atoms with Crippen molar-refractivity contribution in [2.45, 2.75) is 0 Å². The Morgan fingerprint density at radius 2 is 1.45 bits per heavy atom. The van der Waals surface area contributed by atoms with Gasteiger partial charge in [0.1, 0.15) is 0 Å². The SMILES string of the molecule is COC(N)=O.O=CO.O=CO. The van der Waals surface area contributed by atoms with Crippen LogP contribution in [0.1, 0.15) is 0 Å². The molecule has 0 fully saturated rings. The number of carbonyl (C=O) groups is 3. The first kappa shape index (κ1) is 16.1. The molecular weight excluding hydrogens is 158 g/mol. The van der Waals surface area contributed by atoms with E-state index in [-0.39, 0.29) is 12.9 Å². The number of methoxy groups -OCH3 is 1. The molecule has 7 heteroatoms. The summed E-state index contributed by atoms with van der Waals surface area (Å²) in [4.78, 5) is 26.1. The molecule has 0 heterocycles. The molecule has 0 aromatic carbocycles. The van der Waals surface area contributed by atoms with Gasteiger partial charge in [0.25, 0.3) is 12.9 Å². The summed E-state index contributed by atoms with van der Waals surface area (Å²) in [5.41, 5.74) is 4.43. The van der Waals surface area contributed by atoms with Crippen molar-refractivity contribution in [1.29, 1.82) is 0 Å². The quantitative estimate of drug-likeness (QED) is 0.401. The molecular formula is C4H9NO6. The fourth-order valence-electron chi connectivity index (χ4n) is 0. The van der Waals surface area contributed by atoms with E-state index in [2.05, 4.69) is 10.5 Å². The highest BCUT2D eigenvalue weighted by atomic mass is 16.5. The molecule has 0 radical (unpaired) electrons. The van der Waals surface area contributed by atoms with Crippen LogP contribution in [0.4, 0.5) is 4.79 Å². The summed E-state index contributed by atoms with van der Waals surface area (Å²) in [6.45, 7) is -0.500. The fraction of sp³-hybridized carbons (Fsp3) is 0.250. The van der Waals surface area contributed by atoms with Crippen molar-refractivity contribution < 1.29 is 29.3 Å². The third-order valence-electron chi connectivity index (χ3n) is 0.201. The number of amides is 1. The summed E-state index contributed by atoms with van der Waals surface area (Å²) in [6.07, 6.45) is -0.745. The topological polar surface area (TPSA) is 127 Å². The third kappa shape index (κ3) is 7180. The van der Waals surface area contributed by atoms with Gasteiger partial charge in [-0.05, 0) is 0 Å². The standard InChI is InChI=1S/C2H5NO2.2CH2O2/c1-5-2(3)4;2*2-1-3/h1H3,(H2,3,4);2*1H,(H,2,3). The first-order chi connectivity index (χ1) is 5.10. The van der Waals surface area contributed by atoms with Gasteiger partial charge in [0.15, 0.2) is 0 Å². The van der Waals surface area contributed by atoms with Crippen LogP contribution >= 0.6 is 0 Å². The summed E-state index contributed by atoms with van der Waals surface area (Å²) in [7, 11) is 1.22. The van der Waals surface area contributed by atoms with Crippen molar-refractivity contribution in [2.24, 2.45) is 5.73 Å². The van der Waals surface area contributed by atoms with Crippen LogP contribution < -0.4 is 5.73 Å². The molecule has 0 aliphatic carbocycles. The Bertz CT molecular complexity index is 96.8. The average Bonchev–Trinajstić information content (AvgIpc) is 1.91. The Labute approximate surface area is 62.4 Å². The van der Waals surface area contributed by atoms with Gasteiger partial charge >= 0.3 is 6.09 Å². The van der Waals surface area contributed by atoms with E-state index in [0.29, 0.717) is 0 Å².